The van der Waals surface area contributed by atoms with Crippen LogP contribution < -0.4 is 5.73 Å². The number of nitrogens with two attached hydrogens (primary N) is 1. The monoisotopic (exact) mass is 295 g/mol. The van der Waals surface area contributed by atoms with E-state index in [1.165, 1.54) is 5.56 Å². The molecule has 0 unspecified atom stereocenters. The number of amides is 1. The summed E-state index contributed by atoms with van der Waals surface area (Å²) in [5.74, 6) is 1.36. The van der Waals surface area contributed by atoms with Crippen LogP contribution >= 0.6 is 0 Å². The minimum absolute atomic E-state index is 0.115. The number of aromatic nitrogens is 3. The molecule has 1 saturated carbocycles. The van der Waals surface area contributed by atoms with Crippen molar-refractivity contribution < 1.29 is 4.79 Å². The van der Waals surface area contributed by atoms with E-state index >= 15 is 0 Å². The van der Waals surface area contributed by atoms with Crippen molar-refractivity contribution in [3.05, 3.63) is 47.2 Å². The van der Waals surface area contributed by atoms with Crippen molar-refractivity contribution in [3.8, 4) is 0 Å². The molecule has 6 heteroatoms. The maximum atomic E-state index is 12.7. The van der Waals surface area contributed by atoms with Gasteiger partial charge in [0.15, 0.2) is 0 Å². The van der Waals surface area contributed by atoms with Gasteiger partial charge >= 0.3 is 0 Å². The molecule has 1 aliphatic carbocycles. The first-order chi connectivity index (χ1) is 10.7. The van der Waals surface area contributed by atoms with Crippen LogP contribution in [0.15, 0.2) is 24.5 Å². The molecule has 0 radical (unpaired) electrons. The van der Waals surface area contributed by atoms with Crippen molar-refractivity contribution in [2.75, 3.05) is 12.3 Å². The molecule has 0 aromatic carbocycles. The van der Waals surface area contributed by atoms with Gasteiger partial charge in [0.2, 0.25) is 0 Å². The lowest BCUT2D eigenvalue weighted by Gasteiger charge is -2.28. The van der Waals surface area contributed by atoms with Gasteiger partial charge in [-0.3, -0.25) is 9.78 Å². The van der Waals surface area contributed by atoms with E-state index in [1.54, 1.807) is 17.3 Å². The van der Waals surface area contributed by atoms with Crippen molar-refractivity contribution in [2.45, 2.75) is 31.7 Å². The van der Waals surface area contributed by atoms with Gasteiger partial charge in [0.1, 0.15) is 17.2 Å². The third-order valence-corrected chi connectivity index (χ3v) is 4.27. The van der Waals surface area contributed by atoms with E-state index in [1.807, 2.05) is 6.07 Å². The fourth-order valence-electron chi connectivity index (χ4n) is 2.81. The fraction of sp³-hybridized carbons (Fsp3) is 0.375. The Hall–Kier alpha value is -2.50. The smallest absolute Gasteiger partial charge is 0.259 e. The van der Waals surface area contributed by atoms with Gasteiger partial charge in [-0.25, -0.2) is 9.97 Å². The Bertz CT molecular complexity index is 741. The minimum Gasteiger partial charge on any atom is -0.383 e. The number of fused-ring (bicyclic) bond motifs is 1. The summed E-state index contributed by atoms with van der Waals surface area (Å²) in [6, 6.07) is 3.99. The molecule has 112 valence electrons. The Morgan fingerprint density at radius 1 is 1.32 bits per heavy atom. The number of nitrogens with zero attached hydrogens (tertiary/aromatic N) is 4. The van der Waals surface area contributed by atoms with Crippen molar-refractivity contribution in [3.63, 3.8) is 0 Å². The number of nitrogen functional groups attached to an aromatic ring is 1. The average Bonchev–Trinajstić information content (AvgIpc) is 3.38. The summed E-state index contributed by atoms with van der Waals surface area (Å²) < 4.78 is 0. The molecule has 1 aliphatic heterocycles. The molecule has 6 nitrogen and oxygen atoms in total. The molecule has 2 N–H and O–H groups in total. The van der Waals surface area contributed by atoms with Crippen LogP contribution in [0.1, 0.15) is 46.2 Å². The first-order valence-electron chi connectivity index (χ1n) is 7.57. The largest absolute Gasteiger partial charge is 0.383 e. The highest BCUT2D eigenvalue weighted by Gasteiger charge is 2.29. The molecule has 22 heavy (non-hydrogen) atoms. The van der Waals surface area contributed by atoms with E-state index in [2.05, 4.69) is 21.0 Å². The van der Waals surface area contributed by atoms with Crippen LogP contribution in [-0.2, 0) is 13.0 Å². The van der Waals surface area contributed by atoms with Crippen molar-refractivity contribution in [1.82, 2.24) is 19.9 Å². The van der Waals surface area contributed by atoms with E-state index in [0.29, 0.717) is 24.6 Å². The Labute approximate surface area is 128 Å². The van der Waals surface area contributed by atoms with Crippen molar-refractivity contribution in [1.29, 1.82) is 0 Å². The SMILES string of the molecule is Nc1nc(C2CC2)ncc1C(=O)N1CCc2cccnc2C1. The first-order valence-corrected chi connectivity index (χ1v) is 7.57. The molecule has 0 spiro atoms. The van der Waals surface area contributed by atoms with E-state index in [4.69, 9.17) is 5.73 Å². The molecule has 2 aromatic rings. The standard InChI is InChI=1S/C16H17N5O/c17-14-12(8-19-15(20-14)11-3-4-11)16(22)21-7-5-10-2-1-6-18-13(10)9-21/h1-2,6,8,11H,3-5,7,9H2,(H2,17,19,20). The van der Waals surface area contributed by atoms with Crippen LogP contribution in [0.2, 0.25) is 0 Å². The Morgan fingerprint density at radius 2 is 2.18 bits per heavy atom. The highest BCUT2D eigenvalue weighted by atomic mass is 16.2. The van der Waals surface area contributed by atoms with Gasteiger partial charge in [-0.1, -0.05) is 6.07 Å². The Balaban J connectivity index is 1.57. The summed E-state index contributed by atoms with van der Waals surface area (Å²) in [6.07, 6.45) is 6.37. The molecular weight excluding hydrogens is 278 g/mol. The molecule has 1 fully saturated rings. The van der Waals surface area contributed by atoms with Crippen LogP contribution in [-0.4, -0.2) is 32.3 Å². The average molecular weight is 295 g/mol. The predicted octanol–water partition coefficient (Wildman–Crippen LogP) is 1.53. The zero-order valence-electron chi connectivity index (χ0n) is 12.2. The van der Waals surface area contributed by atoms with Crippen LogP contribution in [0.4, 0.5) is 5.82 Å². The Morgan fingerprint density at radius 3 is 2.95 bits per heavy atom. The number of carbonyl (C=O) groups is 1. The van der Waals surface area contributed by atoms with Gasteiger partial charge < -0.3 is 10.6 Å². The number of hydrogen-bond acceptors (Lipinski definition) is 5. The highest BCUT2D eigenvalue weighted by Crippen LogP contribution is 2.38. The first kappa shape index (κ1) is 13.2. The summed E-state index contributed by atoms with van der Waals surface area (Å²) >= 11 is 0. The molecule has 1 amide bonds. The van der Waals surface area contributed by atoms with E-state index < -0.39 is 0 Å². The van der Waals surface area contributed by atoms with Crippen LogP contribution in [0.5, 0.6) is 0 Å². The van der Waals surface area contributed by atoms with Gasteiger partial charge in [-0.2, -0.15) is 0 Å². The van der Waals surface area contributed by atoms with Gasteiger partial charge in [-0.05, 0) is 30.9 Å². The van der Waals surface area contributed by atoms with Gasteiger partial charge in [0, 0.05) is 24.9 Å². The van der Waals surface area contributed by atoms with E-state index in [9.17, 15) is 4.79 Å². The number of carbonyl (C=O) groups excluding carboxylic acids is 1. The fourth-order valence-corrected chi connectivity index (χ4v) is 2.81. The minimum atomic E-state index is -0.115. The molecular formula is C16H17N5O. The molecule has 0 atom stereocenters. The zero-order valence-corrected chi connectivity index (χ0v) is 12.2. The van der Waals surface area contributed by atoms with E-state index in [-0.39, 0.29) is 11.7 Å². The van der Waals surface area contributed by atoms with Crippen molar-refractivity contribution in [2.24, 2.45) is 0 Å². The maximum absolute atomic E-state index is 12.7. The molecule has 0 saturated heterocycles. The van der Waals surface area contributed by atoms with E-state index in [0.717, 1.165) is 30.8 Å². The van der Waals surface area contributed by atoms with Gasteiger partial charge in [-0.15, -0.1) is 0 Å². The number of anilines is 1. The van der Waals surface area contributed by atoms with Crippen molar-refractivity contribution >= 4 is 11.7 Å². The summed E-state index contributed by atoms with van der Waals surface area (Å²) in [5.41, 5.74) is 8.53. The highest BCUT2D eigenvalue weighted by molar-refractivity contribution is 5.98. The lowest BCUT2D eigenvalue weighted by Crippen LogP contribution is -2.37. The van der Waals surface area contributed by atoms with Gasteiger partial charge in [0.25, 0.3) is 5.91 Å². The number of rotatable bonds is 2. The second-order valence-electron chi connectivity index (χ2n) is 5.89. The molecule has 3 heterocycles. The third kappa shape index (κ3) is 2.30. The predicted molar refractivity (Wildman–Crippen MR) is 81.1 cm³/mol. The second-order valence-corrected chi connectivity index (χ2v) is 5.89. The summed E-state index contributed by atoms with van der Waals surface area (Å²) in [6.45, 7) is 1.18. The third-order valence-electron chi connectivity index (χ3n) is 4.27. The Kier molecular flexibility index (Phi) is 3.03. The van der Waals surface area contributed by atoms with Crippen LogP contribution in [0.3, 0.4) is 0 Å². The normalized spacial score (nSPS) is 17.2. The molecule has 4 rings (SSSR count). The second kappa shape index (κ2) is 5.05. The summed E-state index contributed by atoms with van der Waals surface area (Å²) in [4.78, 5) is 27.4. The quantitative estimate of drug-likeness (QED) is 0.908. The summed E-state index contributed by atoms with van der Waals surface area (Å²) in [7, 11) is 0. The number of pyridine rings is 1. The van der Waals surface area contributed by atoms with Gasteiger partial charge in [0.05, 0.1) is 12.2 Å². The lowest BCUT2D eigenvalue weighted by molar-refractivity contribution is 0.0732. The lowest BCUT2D eigenvalue weighted by atomic mass is 10.0. The molecule has 0 bridgehead atoms. The van der Waals surface area contributed by atoms with Crippen LogP contribution in [0, 0.1) is 0 Å². The summed E-state index contributed by atoms with van der Waals surface area (Å²) in [5, 5.41) is 0. The molecule has 2 aromatic heterocycles. The molecule has 2 aliphatic rings. The number of hydrogen-bond donors (Lipinski definition) is 1. The topological polar surface area (TPSA) is 85.0 Å². The maximum Gasteiger partial charge on any atom is 0.259 e. The zero-order chi connectivity index (χ0) is 15.1. The van der Waals surface area contributed by atoms with Crippen LogP contribution in [0.25, 0.3) is 0 Å².